The maximum Gasteiger partial charge on any atom is 0.224 e. The minimum Gasteiger partial charge on any atom is -0.497 e. The molecule has 0 atom stereocenters. The third-order valence-corrected chi connectivity index (χ3v) is 2.13. The predicted molar refractivity (Wildman–Crippen MR) is 65.5 cm³/mol. The number of rotatable bonds is 4. The Balaban J connectivity index is 2.75. The number of nitrogens with two attached hydrogens (primary N) is 1. The Hall–Kier alpha value is -1.71. The summed E-state index contributed by atoms with van der Waals surface area (Å²) in [5.41, 5.74) is 6.89. The van der Waals surface area contributed by atoms with Crippen LogP contribution in [0.3, 0.4) is 0 Å². The summed E-state index contributed by atoms with van der Waals surface area (Å²) in [6, 6.07) is 5.19. The predicted octanol–water partition coefficient (Wildman–Crippen LogP) is 2.26. The number of nitrogen functional groups attached to an aromatic ring is 1. The SMILES string of the molecule is COc1ccc(N)c(NC(=O)CC(C)C)c1. The van der Waals surface area contributed by atoms with Crippen LogP contribution in [0.4, 0.5) is 11.4 Å². The first-order valence-corrected chi connectivity index (χ1v) is 5.26. The van der Waals surface area contributed by atoms with Crippen molar-refractivity contribution in [2.45, 2.75) is 20.3 Å². The normalized spacial score (nSPS) is 10.2. The topological polar surface area (TPSA) is 64.3 Å². The number of anilines is 2. The summed E-state index contributed by atoms with van der Waals surface area (Å²) in [5, 5.41) is 2.77. The zero-order chi connectivity index (χ0) is 12.1. The van der Waals surface area contributed by atoms with Gasteiger partial charge in [-0.05, 0) is 18.1 Å². The second-order valence-corrected chi connectivity index (χ2v) is 4.10. The highest BCUT2D eigenvalue weighted by atomic mass is 16.5. The molecule has 88 valence electrons. The van der Waals surface area contributed by atoms with Crippen LogP contribution in [0.5, 0.6) is 5.75 Å². The number of ether oxygens (including phenoxy) is 1. The van der Waals surface area contributed by atoms with Crippen molar-refractivity contribution < 1.29 is 9.53 Å². The van der Waals surface area contributed by atoms with Crippen LogP contribution in [0.25, 0.3) is 0 Å². The Kier molecular flexibility index (Phi) is 4.17. The van der Waals surface area contributed by atoms with Gasteiger partial charge in [-0.25, -0.2) is 0 Å². The van der Waals surface area contributed by atoms with Crippen LogP contribution in [0, 0.1) is 5.92 Å². The van der Waals surface area contributed by atoms with E-state index in [-0.39, 0.29) is 5.91 Å². The number of benzene rings is 1. The summed E-state index contributed by atoms with van der Waals surface area (Å²) in [4.78, 5) is 11.6. The van der Waals surface area contributed by atoms with Gasteiger partial charge in [-0.3, -0.25) is 4.79 Å². The van der Waals surface area contributed by atoms with Crippen LogP contribution >= 0.6 is 0 Å². The maximum atomic E-state index is 11.6. The van der Waals surface area contributed by atoms with Gasteiger partial charge in [0.25, 0.3) is 0 Å². The van der Waals surface area contributed by atoms with Crippen molar-refractivity contribution in [1.29, 1.82) is 0 Å². The highest BCUT2D eigenvalue weighted by Crippen LogP contribution is 2.24. The first kappa shape index (κ1) is 12.4. The number of carbonyl (C=O) groups is 1. The fraction of sp³-hybridized carbons (Fsp3) is 0.417. The molecule has 0 aromatic heterocycles. The van der Waals surface area contributed by atoms with E-state index in [0.29, 0.717) is 29.5 Å². The number of amides is 1. The summed E-state index contributed by atoms with van der Waals surface area (Å²) in [5.74, 6) is 0.968. The van der Waals surface area contributed by atoms with Crippen molar-refractivity contribution in [3.63, 3.8) is 0 Å². The molecule has 0 bridgehead atoms. The van der Waals surface area contributed by atoms with Crippen LogP contribution in [0.2, 0.25) is 0 Å². The Morgan fingerprint density at radius 2 is 2.19 bits per heavy atom. The van der Waals surface area contributed by atoms with E-state index in [9.17, 15) is 4.79 Å². The van der Waals surface area contributed by atoms with Crippen LogP contribution in [-0.2, 0) is 4.79 Å². The molecular weight excluding hydrogens is 204 g/mol. The smallest absolute Gasteiger partial charge is 0.224 e. The third kappa shape index (κ3) is 3.46. The number of nitrogens with one attached hydrogen (secondary N) is 1. The average molecular weight is 222 g/mol. The third-order valence-electron chi connectivity index (χ3n) is 2.13. The average Bonchev–Trinajstić information content (AvgIpc) is 2.20. The van der Waals surface area contributed by atoms with Crippen molar-refractivity contribution in [2.75, 3.05) is 18.2 Å². The molecule has 0 saturated carbocycles. The van der Waals surface area contributed by atoms with Gasteiger partial charge in [-0.15, -0.1) is 0 Å². The molecule has 0 heterocycles. The van der Waals surface area contributed by atoms with Crippen LogP contribution < -0.4 is 15.8 Å². The Morgan fingerprint density at radius 1 is 1.50 bits per heavy atom. The summed E-state index contributed by atoms with van der Waals surface area (Å²) in [7, 11) is 1.57. The van der Waals surface area contributed by atoms with Gasteiger partial charge in [-0.2, -0.15) is 0 Å². The molecule has 0 fully saturated rings. The van der Waals surface area contributed by atoms with Crippen LogP contribution in [-0.4, -0.2) is 13.0 Å². The molecule has 0 saturated heterocycles. The largest absolute Gasteiger partial charge is 0.497 e. The fourth-order valence-electron chi connectivity index (χ4n) is 1.34. The number of carbonyl (C=O) groups excluding carboxylic acids is 1. The van der Waals surface area contributed by atoms with E-state index in [1.54, 1.807) is 25.3 Å². The minimum absolute atomic E-state index is 0.0325. The molecule has 1 aromatic carbocycles. The van der Waals surface area contributed by atoms with Gasteiger partial charge in [0.15, 0.2) is 0 Å². The molecule has 1 aromatic rings. The van der Waals surface area contributed by atoms with E-state index in [0.717, 1.165) is 0 Å². The first-order chi connectivity index (χ1) is 7.52. The van der Waals surface area contributed by atoms with Gasteiger partial charge >= 0.3 is 0 Å². The molecule has 0 aliphatic carbocycles. The standard InChI is InChI=1S/C12H18N2O2/c1-8(2)6-12(15)14-11-7-9(16-3)4-5-10(11)13/h4-5,7-8H,6,13H2,1-3H3,(H,14,15). The van der Waals surface area contributed by atoms with Gasteiger partial charge in [-0.1, -0.05) is 13.8 Å². The van der Waals surface area contributed by atoms with Crippen molar-refractivity contribution in [1.82, 2.24) is 0 Å². The molecule has 0 aliphatic heterocycles. The summed E-state index contributed by atoms with van der Waals surface area (Å²) in [6.07, 6.45) is 0.483. The summed E-state index contributed by atoms with van der Waals surface area (Å²) >= 11 is 0. The molecule has 1 amide bonds. The van der Waals surface area contributed by atoms with Gasteiger partial charge in [0.1, 0.15) is 5.75 Å². The fourth-order valence-corrected chi connectivity index (χ4v) is 1.34. The van der Waals surface area contributed by atoms with E-state index < -0.39 is 0 Å². The highest BCUT2D eigenvalue weighted by Gasteiger charge is 2.08. The molecule has 0 spiro atoms. The quantitative estimate of drug-likeness (QED) is 0.768. The van der Waals surface area contributed by atoms with Gasteiger partial charge < -0.3 is 15.8 Å². The monoisotopic (exact) mass is 222 g/mol. The highest BCUT2D eigenvalue weighted by molar-refractivity contribution is 5.94. The molecule has 0 radical (unpaired) electrons. The second-order valence-electron chi connectivity index (χ2n) is 4.10. The van der Waals surface area contributed by atoms with E-state index in [4.69, 9.17) is 10.5 Å². The lowest BCUT2D eigenvalue weighted by Crippen LogP contribution is -2.14. The van der Waals surface area contributed by atoms with Crippen molar-refractivity contribution >= 4 is 17.3 Å². The lowest BCUT2D eigenvalue weighted by atomic mass is 10.1. The second kappa shape index (κ2) is 5.39. The first-order valence-electron chi connectivity index (χ1n) is 5.26. The number of methoxy groups -OCH3 is 1. The molecule has 3 N–H and O–H groups in total. The molecule has 0 unspecified atom stereocenters. The van der Waals surface area contributed by atoms with Crippen molar-refractivity contribution in [2.24, 2.45) is 5.92 Å². The summed E-state index contributed by atoms with van der Waals surface area (Å²) in [6.45, 7) is 3.99. The molecule has 0 aliphatic rings. The van der Waals surface area contributed by atoms with E-state index in [1.165, 1.54) is 0 Å². The Morgan fingerprint density at radius 3 is 2.75 bits per heavy atom. The lowest BCUT2D eigenvalue weighted by Gasteiger charge is -2.10. The number of hydrogen-bond acceptors (Lipinski definition) is 3. The van der Waals surface area contributed by atoms with Crippen molar-refractivity contribution in [3.8, 4) is 5.75 Å². The lowest BCUT2D eigenvalue weighted by molar-refractivity contribution is -0.116. The van der Waals surface area contributed by atoms with Gasteiger partial charge in [0.05, 0.1) is 18.5 Å². The van der Waals surface area contributed by atoms with E-state index in [2.05, 4.69) is 5.32 Å². The molecule has 4 heteroatoms. The van der Waals surface area contributed by atoms with E-state index >= 15 is 0 Å². The molecule has 1 rings (SSSR count). The van der Waals surface area contributed by atoms with Crippen LogP contribution in [0.15, 0.2) is 18.2 Å². The van der Waals surface area contributed by atoms with Gasteiger partial charge in [0.2, 0.25) is 5.91 Å². The minimum atomic E-state index is -0.0325. The maximum absolute atomic E-state index is 11.6. The molecule has 16 heavy (non-hydrogen) atoms. The van der Waals surface area contributed by atoms with Gasteiger partial charge in [0, 0.05) is 12.5 Å². The van der Waals surface area contributed by atoms with E-state index in [1.807, 2.05) is 13.8 Å². The Bertz CT molecular complexity index is 375. The van der Waals surface area contributed by atoms with Crippen LogP contribution in [0.1, 0.15) is 20.3 Å². The van der Waals surface area contributed by atoms with Crippen molar-refractivity contribution in [3.05, 3.63) is 18.2 Å². The zero-order valence-electron chi connectivity index (χ0n) is 9.91. The Labute approximate surface area is 95.8 Å². The zero-order valence-corrected chi connectivity index (χ0v) is 9.91. The number of hydrogen-bond donors (Lipinski definition) is 2. The molecule has 4 nitrogen and oxygen atoms in total. The summed E-state index contributed by atoms with van der Waals surface area (Å²) < 4.78 is 5.07. The molecular formula is C12H18N2O2.